The zero-order valence-electron chi connectivity index (χ0n) is 8.68. The van der Waals surface area contributed by atoms with Crippen LogP contribution in [0.2, 0.25) is 0 Å². The van der Waals surface area contributed by atoms with Crippen LogP contribution in [0.5, 0.6) is 0 Å². The van der Waals surface area contributed by atoms with Crippen LogP contribution < -0.4 is 5.32 Å². The number of hydrogen-bond acceptors (Lipinski definition) is 2. The van der Waals surface area contributed by atoms with Gasteiger partial charge in [-0.15, -0.1) is 0 Å². The summed E-state index contributed by atoms with van der Waals surface area (Å²) in [5, 5.41) is 3.41. The summed E-state index contributed by atoms with van der Waals surface area (Å²) < 4.78 is 0. The van der Waals surface area contributed by atoms with E-state index in [1.807, 2.05) is 4.90 Å². The van der Waals surface area contributed by atoms with Crippen molar-refractivity contribution in [1.82, 2.24) is 10.2 Å². The van der Waals surface area contributed by atoms with E-state index in [-0.39, 0.29) is 5.91 Å². The van der Waals surface area contributed by atoms with Crippen LogP contribution in [0.1, 0.15) is 26.7 Å². The maximum Gasteiger partial charge on any atom is 0.219 e. The van der Waals surface area contributed by atoms with E-state index in [0.717, 1.165) is 26.2 Å². The Kier molecular flexibility index (Phi) is 4.22. The van der Waals surface area contributed by atoms with Gasteiger partial charge in [-0.25, -0.2) is 0 Å². The van der Waals surface area contributed by atoms with E-state index in [9.17, 15) is 4.79 Å². The molecule has 76 valence electrons. The molecule has 1 heterocycles. The van der Waals surface area contributed by atoms with E-state index in [0.29, 0.717) is 5.92 Å². The van der Waals surface area contributed by atoms with Gasteiger partial charge in [-0.05, 0) is 13.0 Å². The molecule has 0 unspecified atom stereocenters. The number of likely N-dealkylation sites (tertiary alicyclic amines) is 1. The summed E-state index contributed by atoms with van der Waals surface area (Å²) in [6.07, 6.45) is 2.50. The molecule has 0 saturated carbocycles. The minimum absolute atomic E-state index is 0.213. The van der Waals surface area contributed by atoms with Crippen LogP contribution in [0.25, 0.3) is 0 Å². The summed E-state index contributed by atoms with van der Waals surface area (Å²) in [4.78, 5) is 12.7. The van der Waals surface area contributed by atoms with E-state index in [1.165, 1.54) is 12.8 Å². The molecule has 3 nitrogen and oxygen atoms in total. The predicted octanol–water partition coefficient (Wildman–Crippen LogP) is 0.854. The van der Waals surface area contributed by atoms with Crippen LogP contribution in [-0.2, 0) is 4.79 Å². The number of amides is 1. The Morgan fingerprint density at radius 3 is 2.77 bits per heavy atom. The lowest BCUT2D eigenvalue weighted by Gasteiger charge is -2.38. The summed E-state index contributed by atoms with van der Waals surface area (Å²) in [6.45, 7) is 7.93. The maximum atomic E-state index is 10.9. The smallest absolute Gasteiger partial charge is 0.219 e. The Bertz CT molecular complexity index is 164. The number of carbonyl (C=O) groups excluding carboxylic acids is 1. The highest BCUT2D eigenvalue weighted by atomic mass is 16.2. The first-order chi connectivity index (χ1) is 6.24. The monoisotopic (exact) mass is 184 g/mol. The Labute approximate surface area is 80.5 Å². The SMILES string of the molecule is CCCCNCC1CN(C(C)=O)C1. The summed E-state index contributed by atoms with van der Waals surface area (Å²) in [5.41, 5.74) is 0. The van der Waals surface area contributed by atoms with E-state index < -0.39 is 0 Å². The van der Waals surface area contributed by atoms with Crippen LogP contribution in [0.3, 0.4) is 0 Å². The zero-order valence-corrected chi connectivity index (χ0v) is 8.68. The van der Waals surface area contributed by atoms with E-state index in [4.69, 9.17) is 0 Å². The van der Waals surface area contributed by atoms with Gasteiger partial charge in [-0.3, -0.25) is 4.79 Å². The quantitative estimate of drug-likeness (QED) is 0.643. The molecular formula is C10H20N2O. The van der Waals surface area contributed by atoms with E-state index in [1.54, 1.807) is 6.92 Å². The van der Waals surface area contributed by atoms with Gasteiger partial charge in [0.2, 0.25) is 5.91 Å². The topological polar surface area (TPSA) is 32.3 Å². The van der Waals surface area contributed by atoms with Gasteiger partial charge in [0.25, 0.3) is 0 Å². The molecule has 0 atom stereocenters. The van der Waals surface area contributed by atoms with Gasteiger partial charge >= 0.3 is 0 Å². The number of nitrogens with zero attached hydrogens (tertiary/aromatic N) is 1. The first-order valence-electron chi connectivity index (χ1n) is 5.20. The largest absolute Gasteiger partial charge is 0.342 e. The Morgan fingerprint density at radius 2 is 2.23 bits per heavy atom. The lowest BCUT2D eigenvalue weighted by molar-refractivity contribution is -0.134. The highest BCUT2D eigenvalue weighted by Gasteiger charge is 2.27. The normalized spacial score (nSPS) is 17.2. The first kappa shape index (κ1) is 10.5. The number of carbonyl (C=O) groups is 1. The Morgan fingerprint density at radius 1 is 1.54 bits per heavy atom. The molecule has 0 aromatic rings. The maximum absolute atomic E-state index is 10.9. The number of unbranched alkanes of at least 4 members (excludes halogenated alkanes) is 1. The van der Waals surface area contributed by atoms with Crippen LogP contribution in [0.15, 0.2) is 0 Å². The molecule has 13 heavy (non-hydrogen) atoms. The molecule has 0 aliphatic carbocycles. The molecule has 3 heteroatoms. The molecule has 0 aromatic heterocycles. The molecule has 1 amide bonds. The molecule has 1 N–H and O–H groups in total. The van der Waals surface area contributed by atoms with Crippen LogP contribution >= 0.6 is 0 Å². The fraction of sp³-hybridized carbons (Fsp3) is 0.900. The highest BCUT2D eigenvalue weighted by molar-refractivity contribution is 5.74. The third-order valence-corrected chi connectivity index (χ3v) is 2.54. The highest BCUT2D eigenvalue weighted by Crippen LogP contribution is 2.13. The Balaban J connectivity index is 1.93. The van der Waals surface area contributed by atoms with Crippen molar-refractivity contribution in [3.63, 3.8) is 0 Å². The molecule has 1 aliphatic heterocycles. The van der Waals surface area contributed by atoms with Gasteiger partial charge in [0, 0.05) is 32.5 Å². The average molecular weight is 184 g/mol. The summed E-state index contributed by atoms with van der Waals surface area (Å²) >= 11 is 0. The molecule has 0 spiro atoms. The third-order valence-electron chi connectivity index (χ3n) is 2.54. The molecule has 1 aliphatic rings. The summed E-state index contributed by atoms with van der Waals surface area (Å²) in [6, 6.07) is 0. The fourth-order valence-electron chi connectivity index (χ4n) is 1.56. The van der Waals surface area contributed by atoms with Crippen LogP contribution in [0, 0.1) is 5.92 Å². The van der Waals surface area contributed by atoms with Crippen molar-refractivity contribution in [3.05, 3.63) is 0 Å². The van der Waals surface area contributed by atoms with Gasteiger partial charge in [0.05, 0.1) is 0 Å². The molecule has 1 saturated heterocycles. The van der Waals surface area contributed by atoms with Crippen molar-refractivity contribution >= 4 is 5.91 Å². The molecular weight excluding hydrogens is 164 g/mol. The first-order valence-corrected chi connectivity index (χ1v) is 5.20. The van der Waals surface area contributed by atoms with Crippen molar-refractivity contribution in [2.75, 3.05) is 26.2 Å². The Hall–Kier alpha value is -0.570. The predicted molar refractivity (Wildman–Crippen MR) is 53.5 cm³/mol. The lowest BCUT2D eigenvalue weighted by Crippen LogP contribution is -2.52. The second-order valence-electron chi connectivity index (χ2n) is 3.85. The molecule has 0 radical (unpaired) electrons. The van der Waals surface area contributed by atoms with Crippen molar-refractivity contribution in [2.24, 2.45) is 5.92 Å². The van der Waals surface area contributed by atoms with Crippen molar-refractivity contribution in [3.8, 4) is 0 Å². The van der Waals surface area contributed by atoms with E-state index in [2.05, 4.69) is 12.2 Å². The van der Waals surface area contributed by atoms with Gasteiger partial charge in [0.1, 0.15) is 0 Å². The van der Waals surface area contributed by atoms with Gasteiger partial charge in [-0.2, -0.15) is 0 Å². The minimum Gasteiger partial charge on any atom is -0.342 e. The number of rotatable bonds is 5. The van der Waals surface area contributed by atoms with Gasteiger partial charge < -0.3 is 10.2 Å². The van der Waals surface area contributed by atoms with Crippen LogP contribution in [0.4, 0.5) is 0 Å². The molecule has 1 rings (SSSR count). The summed E-state index contributed by atoms with van der Waals surface area (Å²) in [7, 11) is 0. The minimum atomic E-state index is 0.213. The molecule has 0 bridgehead atoms. The standard InChI is InChI=1S/C10H20N2O/c1-3-4-5-11-6-10-7-12(8-10)9(2)13/h10-11H,3-8H2,1-2H3. The van der Waals surface area contributed by atoms with Crippen molar-refractivity contribution in [2.45, 2.75) is 26.7 Å². The second-order valence-corrected chi connectivity index (χ2v) is 3.85. The third kappa shape index (κ3) is 3.35. The second kappa shape index (κ2) is 5.22. The van der Waals surface area contributed by atoms with Crippen molar-refractivity contribution in [1.29, 1.82) is 0 Å². The fourth-order valence-corrected chi connectivity index (χ4v) is 1.56. The number of hydrogen-bond donors (Lipinski definition) is 1. The van der Waals surface area contributed by atoms with Crippen LogP contribution in [-0.4, -0.2) is 37.0 Å². The van der Waals surface area contributed by atoms with Crippen molar-refractivity contribution < 1.29 is 4.79 Å². The van der Waals surface area contributed by atoms with Gasteiger partial charge in [0.15, 0.2) is 0 Å². The molecule has 0 aromatic carbocycles. The average Bonchev–Trinajstić information content (AvgIpc) is 2.00. The molecule has 1 fully saturated rings. The lowest BCUT2D eigenvalue weighted by atomic mass is 10.0. The van der Waals surface area contributed by atoms with E-state index >= 15 is 0 Å². The van der Waals surface area contributed by atoms with Gasteiger partial charge in [-0.1, -0.05) is 13.3 Å². The number of nitrogens with one attached hydrogen (secondary N) is 1. The summed E-state index contributed by atoms with van der Waals surface area (Å²) in [5.74, 6) is 0.908. The zero-order chi connectivity index (χ0) is 9.68.